The zero-order chi connectivity index (χ0) is 50.8. The molecule has 0 radical (unpaired) electrons. The van der Waals surface area contributed by atoms with E-state index < -0.39 is 67.2 Å². The molecule has 10 heteroatoms. The van der Waals surface area contributed by atoms with Crippen molar-refractivity contribution < 1.29 is 55.8 Å². The van der Waals surface area contributed by atoms with Crippen LogP contribution in [0, 0.1) is 52.8 Å². The summed E-state index contributed by atoms with van der Waals surface area (Å²) in [6.45, 7) is 0. The Kier molecular flexibility index (Phi) is 9.26. The van der Waals surface area contributed by atoms with Crippen LogP contribution in [0.4, 0.5) is 17.6 Å². The van der Waals surface area contributed by atoms with Crippen LogP contribution in [0.2, 0.25) is 0 Å². The first kappa shape index (κ1) is 31.1. The molecule has 0 unspecified atom stereocenters. The second-order valence-electron chi connectivity index (χ2n) is 13.7. The van der Waals surface area contributed by atoms with E-state index in [2.05, 4.69) is 33.2 Å². The standard InChI is InChI=1S/C52H33F4N4O.Ir/c53-41-16-12-37(13-17-41)49-26-46(55)39(30-59-49)10-6-34-22-33(23-35(24-34)7-11-40-31-60-50(27-47(40)56)38-14-18-42(54)19-15-38)5-4-32-9-21-48(58-29-32)45-3-1-2-44-43-20-8-36(28-57)25-51(43)61-52(44)45;/h1-2,8-9,12,14,16-27,29-31H,4-7,10-11H2;/q-3;+3/i4D2,5D2,6D2,7D2,8D,25D;. The minimum Gasteiger partial charge on any atom is -0.501 e. The second-order valence-corrected chi connectivity index (χ2v) is 13.7. The molecule has 9 aromatic rings. The summed E-state index contributed by atoms with van der Waals surface area (Å²) < 4.78 is 155. The van der Waals surface area contributed by atoms with Crippen molar-refractivity contribution in [2.45, 2.75) is 38.3 Å². The third-order valence-electron chi connectivity index (χ3n) is 9.63. The van der Waals surface area contributed by atoms with Crippen molar-refractivity contribution in [1.29, 1.82) is 5.26 Å². The maximum absolute atomic E-state index is 15.7. The summed E-state index contributed by atoms with van der Waals surface area (Å²) in [5, 5.41) is 10.4. The van der Waals surface area contributed by atoms with Crippen molar-refractivity contribution in [3.8, 4) is 39.8 Å². The van der Waals surface area contributed by atoms with E-state index in [0.29, 0.717) is 10.8 Å². The molecule has 304 valence electrons. The van der Waals surface area contributed by atoms with Crippen molar-refractivity contribution in [3.05, 3.63) is 208 Å². The van der Waals surface area contributed by atoms with E-state index in [4.69, 9.17) is 7.16 Å². The Morgan fingerprint density at radius 2 is 1.21 bits per heavy atom. The van der Waals surface area contributed by atoms with Gasteiger partial charge in [0.05, 0.1) is 20.0 Å². The maximum atomic E-state index is 15.7. The topological polar surface area (TPSA) is 75.6 Å². The molecule has 9 rings (SSSR count). The van der Waals surface area contributed by atoms with Crippen LogP contribution in [0.25, 0.3) is 55.7 Å². The van der Waals surface area contributed by atoms with Crippen molar-refractivity contribution >= 4 is 21.9 Å². The molecule has 0 N–H and O–H groups in total. The fourth-order valence-electron chi connectivity index (χ4n) is 6.52. The van der Waals surface area contributed by atoms with E-state index in [1.807, 2.05) is 6.07 Å². The number of pyridine rings is 3. The molecule has 4 aromatic heterocycles. The molecule has 4 heterocycles. The van der Waals surface area contributed by atoms with Gasteiger partial charge >= 0.3 is 20.1 Å². The normalized spacial score (nSPS) is 14.4. The van der Waals surface area contributed by atoms with E-state index in [1.54, 1.807) is 12.1 Å². The average Bonchev–Trinajstić information content (AvgIpc) is 3.72. The van der Waals surface area contributed by atoms with Gasteiger partial charge in [0.25, 0.3) is 0 Å². The Bertz CT molecular complexity index is 3470. The molecule has 0 aliphatic carbocycles. The van der Waals surface area contributed by atoms with Crippen LogP contribution in [0.1, 0.15) is 52.7 Å². The number of furan rings is 1. The zero-order valence-electron chi connectivity index (χ0n) is 41.9. The van der Waals surface area contributed by atoms with E-state index in [-0.39, 0.29) is 111 Å². The molecule has 5 nitrogen and oxygen atoms in total. The molecule has 0 saturated heterocycles. The Morgan fingerprint density at radius 3 is 1.74 bits per heavy atom. The van der Waals surface area contributed by atoms with Gasteiger partial charge in [-0.2, -0.15) is 5.26 Å². The minimum absolute atomic E-state index is 0. The van der Waals surface area contributed by atoms with Gasteiger partial charge in [-0.05, 0) is 102 Å². The zero-order valence-corrected chi connectivity index (χ0v) is 34.3. The molecular formula is C52H33F4IrN4O. The number of hydrogen-bond acceptors (Lipinski definition) is 5. The SMILES string of the molecule is [2H]c1cc2c(oc3c(-c4ccc(C([2H])([2H])C([2H])([2H])c5cc(C([2H])([2H])Cc6cnc(-c7[c-]cc(F)cc7)cc6F)cc(C([2H])([2H])Cc6cnc(-c7[c-]cc(F)cc7)cc6F)c5)cn4)[c-]ccc32)c([2H])c1C#N.[Ir+3]. The van der Waals surface area contributed by atoms with Gasteiger partial charge in [-0.1, -0.05) is 47.3 Å². The van der Waals surface area contributed by atoms with Gasteiger partial charge in [-0.15, -0.1) is 77.9 Å². The number of hydrogen-bond donors (Lipinski definition) is 0. The molecule has 0 aliphatic rings. The Morgan fingerprint density at radius 1 is 0.629 bits per heavy atom. The number of aromatic nitrogens is 3. The van der Waals surface area contributed by atoms with E-state index in [9.17, 15) is 25.0 Å². The summed E-state index contributed by atoms with van der Waals surface area (Å²) in [5.41, 5.74) is -0.726. The first-order valence-corrected chi connectivity index (χ1v) is 18.6. The third-order valence-corrected chi connectivity index (χ3v) is 9.63. The maximum Gasteiger partial charge on any atom is 3.00 e. The second kappa shape index (κ2) is 18.4. The molecule has 62 heavy (non-hydrogen) atoms. The predicted octanol–water partition coefficient (Wildman–Crippen LogP) is 12.0. The largest absolute Gasteiger partial charge is 3.00 e. The van der Waals surface area contributed by atoms with Gasteiger partial charge in [0, 0.05) is 57.7 Å². The molecule has 0 bridgehead atoms. The van der Waals surface area contributed by atoms with Gasteiger partial charge in [0.15, 0.2) is 0 Å². The Balaban J connectivity index is 0.00000693. The van der Waals surface area contributed by atoms with E-state index in [0.717, 1.165) is 73.2 Å². The molecule has 0 atom stereocenters. The summed E-state index contributed by atoms with van der Waals surface area (Å²) >= 11 is 0. The predicted molar refractivity (Wildman–Crippen MR) is 226 cm³/mol. The first-order valence-electron chi connectivity index (χ1n) is 23.6. The van der Waals surface area contributed by atoms with Crippen LogP contribution >= 0.6 is 0 Å². The number of nitriles is 1. The number of nitrogens with zero attached hydrogens (tertiary/aromatic N) is 4. The molecule has 0 spiro atoms. The van der Waals surface area contributed by atoms with Crippen molar-refractivity contribution in [2.24, 2.45) is 0 Å². The van der Waals surface area contributed by atoms with E-state index >= 15 is 8.78 Å². The minimum atomic E-state index is -3.09. The number of aryl methyl sites for hydroxylation is 6. The Labute approximate surface area is 383 Å². The quantitative estimate of drug-likeness (QED) is 0.0900. The number of rotatable bonds is 12. The summed E-state index contributed by atoms with van der Waals surface area (Å²) in [5.74, 6) is -2.92. The molecular weight excluding hydrogens is 965 g/mol. The summed E-state index contributed by atoms with van der Waals surface area (Å²) in [6, 6.07) is 29.3. The van der Waals surface area contributed by atoms with Gasteiger partial charge in [-0.3, -0.25) is 8.78 Å². The van der Waals surface area contributed by atoms with Gasteiger partial charge in [0.2, 0.25) is 0 Å². The Hall–Kier alpha value is -6.79. The summed E-state index contributed by atoms with van der Waals surface area (Å²) in [4.78, 5) is 12.9. The van der Waals surface area contributed by atoms with E-state index in [1.165, 1.54) is 30.3 Å². The molecule has 0 fully saturated rings. The molecule has 0 amide bonds. The average molecular weight is 1010 g/mol. The van der Waals surface area contributed by atoms with Gasteiger partial charge in [0.1, 0.15) is 17.2 Å². The summed E-state index contributed by atoms with van der Waals surface area (Å²) in [7, 11) is 0. The number of benzene rings is 5. The monoisotopic (exact) mass is 1010 g/mol. The molecule has 0 aliphatic heterocycles. The third kappa shape index (κ3) is 9.25. The number of fused-ring (bicyclic) bond motifs is 3. The smallest absolute Gasteiger partial charge is 0.501 e. The van der Waals surface area contributed by atoms with Crippen molar-refractivity contribution in [3.63, 3.8) is 0 Å². The fourth-order valence-corrected chi connectivity index (χ4v) is 6.52. The van der Waals surface area contributed by atoms with Crippen LogP contribution < -0.4 is 0 Å². The number of halogens is 4. The van der Waals surface area contributed by atoms with Crippen LogP contribution in [0.15, 0.2) is 132 Å². The van der Waals surface area contributed by atoms with Crippen molar-refractivity contribution in [2.75, 3.05) is 0 Å². The fraction of sp³-hybridized carbons (Fsp3) is 0.115. The van der Waals surface area contributed by atoms with Gasteiger partial charge in [-0.25, -0.2) is 8.78 Å². The van der Waals surface area contributed by atoms with Crippen LogP contribution in [0.3, 0.4) is 0 Å². The van der Waals surface area contributed by atoms with Gasteiger partial charge < -0.3 is 19.4 Å². The first-order chi connectivity index (χ1) is 33.6. The molecule has 5 aromatic carbocycles. The summed E-state index contributed by atoms with van der Waals surface area (Å²) in [6.07, 6.45) is -9.45. The molecule has 0 saturated carbocycles. The van der Waals surface area contributed by atoms with Crippen LogP contribution in [-0.2, 0) is 58.4 Å². The van der Waals surface area contributed by atoms with Crippen LogP contribution in [0.5, 0.6) is 0 Å². The van der Waals surface area contributed by atoms with Crippen molar-refractivity contribution in [1.82, 2.24) is 15.0 Å². The van der Waals surface area contributed by atoms with Crippen LogP contribution in [-0.4, -0.2) is 15.0 Å².